The normalized spacial score (nSPS) is 17.1. The quantitative estimate of drug-likeness (QED) is 0.722. The van der Waals surface area contributed by atoms with Crippen molar-refractivity contribution in [3.8, 4) is 0 Å². The van der Waals surface area contributed by atoms with Crippen LogP contribution in [0.25, 0.3) is 0 Å². The molecule has 0 saturated heterocycles. The van der Waals surface area contributed by atoms with Crippen molar-refractivity contribution in [2.24, 2.45) is 0 Å². The summed E-state index contributed by atoms with van der Waals surface area (Å²) in [5.41, 5.74) is 0. The van der Waals surface area contributed by atoms with Crippen LogP contribution in [0.4, 0.5) is 0 Å². The van der Waals surface area contributed by atoms with Crippen molar-refractivity contribution < 1.29 is 34.2 Å². The standard InChI is InChI=1S/2C5H5.C4H9.ClH.Zr/c2*1-2-4-5-3-1;1-3-4-2;;/h2*1-3H,4H2;1,3-4H2,2H3;1H;/q;;;;+1/p-1. The summed E-state index contributed by atoms with van der Waals surface area (Å²) >= 11 is -1.37. The molecule has 2 heteroatoms. The molecule has 0 nitrogen and oxygen atoms in total. The van der Waals surface area contributed by atoms with Gasteiger partial charge in [-0.25, -0.2) is 0 Å². The average Bonchev–Trinajstić information content (AvgIpc) is 2.90. The Morgan fingerprint density at radius 1 is 1.06 bits per heavy atom. The van der Waals surface area contributed by atoms with Crippen LogP contribution in [0.5, 0.6) is 0 Å². The first-order valence-electron chi connectivity index (χ1n) is 5.99. The predicted octanol–water partition coefficient (Wildman–Crippen LogP) is 1.51. The molecule has 0 aromatic heterocycles. The van der Waals surface area contributed by atoms with E-state index in [1.165, 1.54) is 29.8 Å². The summed E-state index contributed by atoms with van der Waals surface area (Å²) in [6.45, 7) is 2.31. The first-order chi connectivity index (χ1) is 7.42. The average molecular weight is 314 g/mol. The van der Waals surface area contributed by atoms with Crippen LogP contribution < -0.4 is 12.4 Å². The fourth-order valence-corrected chi connectivity index (χ4v) is 9.81. The minimum atomic E-state index is -1.37. The van der Waals surface area contributed by atoms with E-state index in [2.05, 4.69) is 43.4 Å². The van der Waals surface area contributed by atoms with Crippen molar-refractivity contribution in [1.82, 2.24) is 0 Å². The van der Waals surface area contributed by atoms with Crippen LogP contribution in [-0.4, -0.2) is 0 Å². The Bertz CT molecular complexity index is 307. The molecule has 2 rings (SSSR count). The van der Waals surface area contributed by atoms with Crippen LogP contribution >= 0.6 is 0 Å². The SMILES string of the molecule is CCC[CH2][Zr+]([C]1=CC=CC1)[C]1=CC=CC1.[Cl-]. The second-order valence-corrected chi connectivity index (χ2v) is 11.0. The van der Waals surface area contributed by atoms with Crippen molar-refractivity contribution in [1.29, 1.82) is 0 Å². The van der Waals surface area contributed by atoms with Crippen LogP contribution in [-0.2, 0) is 21.8 Å². The number of hydrogen-bond donors (Lipinski definition) is 0. The van der Waals surface area contributed by atoms with Gasteiger partial charge in [0.15, 0.2) is 0 Å². The van der Waals surface area contributed by atoms with Gasteiger partial charge in [0.25, 0.3) is 0 Å². The topological polar surface area (TPSA) is 0 Å². The number of allylic oxidation sites excluding steroid dienone is 8. The summed E-state index contributed by atoms with van der Waals surface area (Å²) in [6.07, 6.45) is 19.3. The molecule has 0 amide bonds. The predicted molar refractivity (Wildman–Crippen MR) is 63.4 cm³/mol. The van der Waals surface area contributed by atoms with E-state index in [-0.39, 0.29) is 12.4 Å². The number of rotatable bonds is 5. The molecule has 0 saturated carbocycles. The van der Waals surface area contributed by atoms with E-state index < -0.39 is 21.8 Å². The molecule has 0 aromatic rings. The van der Waals surface area contributed by atoms with Crippen molar-refractivity contribution in [2.75, 3.05) is 0 Å². The summed E-state index contributed by atoms with van der Waals surface area (Å²) < 4.78 is 5.17. The minimum Gasteiger partial charge on any atom is -1.00 e. The molecule has 0 bridgehead atoms. The van der Waals surface area contributed by atoms with E-state index in [1.54, 1.807) is 0 Å². The molecule has 2 aliphatic rings. The number of halogens is 1. The Morgan fingerprint density at radius 3 is 2.00 bits per heavy atom. The van der Waals surface area contributed by atoms with Gasteiger partial charge in [-0.15, -0.1) is 0 Å². The third-order valence-electron chi connectivity index (χ3n) is 3.10. The van der Waals surface area contributed by atoms with Gasteiger partial charge in [0.05, 0.1) is 0 Å². The summed E-state index contributed by atoms with van der Waals surface area (Å²) in [7, 11) is 0. The summed E-state index contributed by atoms with van der Waals surface area (Å²) in [5.74, 6) is 0. The van der Waals surface area contributed by atoms with Gasteiger partial charge in [-0.3, -0.25) is 0 Å². The zero-order valence-electron chi connectivity index (χ0n) is 9.88. The molecule has 0 spiro atoms. The molecule has 2 aliphatic carbocycles. The molecule has 0 aliphatic heterocycles. The monoisotopic (exact) mass is 312 g/mol. The van der Waals surface area contributed by atoms with Gasteiger partial charge in [-0.05, 0) is 0 Å². The molecule has 16 heavy (non-hydrogen) atoms. The van der Waals surface area contributed by atoms with Gasteiger partial charge in [-0.2, -0.15) is 0 Å². The van der Waals surface area contributed by atoms with E-state index in [0.717, 1.165) is 0 Å². The Hall–Kier alpha value is 0.133. The van der Waals surface area contributed by atoms with E-state index in [9.17, 15) is 0 Å². The second-order valence-electron chi connectivity index (χ2n) is 4.23. The largest absolute Gasteiger partial charge is 1.00 e. The van der Waals surface area contributed by atoms with E-state index >= 15 is 0 Å². The van der Waals surface area contributed by atoms with Gasteiger partial charge in [-0.1, -0.05) is 0 Å². The fourth-order valence-electron chi connectivity index (χ4n) is 2.22. The van der Waals surface area contributed by atoms with Gasteiger partial charge in [0.2, 0.25) is 0 Å². The fraction of sp³-hybridized carbons (Fsp3) is 0.429. The zero-order chi connectivity index (χ0) is 10.5. The van der Waals surface area contributed by atoms with Crippen molar-refractivity contribution in [3.05, 3.63) is 43.0 Å². The van der Waals surface area contributed by atoms with E-state index in [0.29, 0.717) is 0 Å². The first-order valence-corrected chi connectivity index (χ1v) is 10.2. The van der Waals surface area contributed by atoms with Gasteiger partial charge in [0, 0.05) is 0 Å². The Morgan fingerprint density at radius 2 is 1.62 bits per heavy atom. The van der Waals surface area contributed by atoms with Crippen molar-refractivity contribution in [3.63, 3.8) is 0 Å². The molecule has 86 valence electrons. The van der Waals surface area contributed by atoms with Gasteiger partial charge < -0.3 is 12.4 Å². The van der Waals surface area contributed by atoms with Gasteiger partial charge >= 0.3 is 102 Å². The number of hydrogen-bond acceptors (Lipinski definition) is 0. The Labute approximate surface area is 113 Å². The molecule has 0 aromatic carbocycles. The maximum atomic E-state index is 2.41. The van der Waals surface area contributed by atoms with Crippen molar-refractivity contribution in [2.45, 2.75) is 36.7 Å². The third kappa shape index (κ3) is 3.57. The molecule has 0 heterocycles. The number of unbranched alkanes of at least 4 members (excludes halogenated alkanes) is 1. The minimum absolute atomic E-state index is 0. The molecule has 0 atom stereocenters. The molecule has 0 fully saturated rings. The van der Waals surface area contributed by atoms with Crippen LogP contribution in [0.1, 0.15) is 32.6 Å². The van der Waals surface area contributed by atoms with Crippen molar-refractivity contribution >= 4 is 0 Å². The second kappa shape index (κ2) is 7.46. The molecular formula is C14H19ClZr. The Balaban J connectivity index is 0.00000128. The third-order valence-corrected chi connectivity index (χ3v) is 10.8. The zero-order valence-corrected chi connectivity index (χ0v) is 13.1. The van der Waals surface area contributed by atoms with Gasteiger partial charge in [0.1, 0.15) is 0 Å². The van der Waals surface area contributed by atoms with Crippen LogP contribution in [0.2, 0.25) is 4.13 Å². The summed E-state index contributed by atoms with van der Waals surface area (Å²) in [6, 6.07) is 0. The van der Waals surface area contributed by atoms with E-state index in [4.69, 9.17) is 0 Å². The maximum Gasteiger partial charge on any atom is -1.00 e. The van der Waals surface area contributed by atoms with Crippen LogP contribution in [0.15, 0.2) is 43.0 Å². The van der Waals surface area contributed by atoms with Crippen LogP contribution in [0, 0.1) is 0 Å². The van der Waals surface area contributed by atoms with E-state index in [1.807, 2.05) is 6.56 Å². The Kier molecular flexibility index (Phi) is 6.62. The van der Waals surface area contributed by atoms with Crippen LogP contribution in [0.3, 0.4) is 0 Å². The molecular weight excluding hydrogens is 295 g/mol. The molecule has 0 unspecified atom stereocenters. The first kappa shape index (κ1) is 14.2. The molecule has 0 N–H and O–H groups in total. The molecule has 0 radical (unpaired) electrons. The summed E-state index contributed by atoms with van der Waals surface area (Å²) in [4.78, 5) is 0. The summed E-state index contributed by atoms with van der Waals surface area (Å²) in [5, 5.41) is 0. The maximum absolute atomic E-state index is 2.41. The smallest absolute Gasteiger partial charge is 1.00 e.